The Hall–Kier alpha value is -3.23. The SMILES string of the molecule is COC(=O)c1ccncc1Nc1nc(Nc2ccc3c(c2)CC[C@@H](N2CCCC2)CC3)ncc1Cl. The van der Waals surface area contributed by atoms with Crippen LogP contribution in [0.1, 0.15) is 47.2 Å². The van der Waals surface area contributed by atoms with E-state index in [0.29, 0.717) is 34.1 Å². The number of benzene rings is 1. The molecule has 1 aliphatic heterocycles. The van der Waals surface area contributed by atoms with E-state index < -0.39 is 5.97 Å². The summed E-state index contributed by atoms with van der Waals surface area (Å²) in [5.41, 5.74) is 4.55. The van der Waals surface area contributed by atoms with Crippen LogP contribution < -0.4 is 10.6 Å². The first kappa shape index (κ1) is 23.5. The highest BCUT2D eigenvalue weighted by atomic mass is 35.5. The van der Waals surface area contributed by atoms with Gasteiger partial charge in [-0.05, 0) is 80.9 Å². The first-order valence-electron chi connectivity index (χ1n) is 12.1. The van der Waals surface area contributed by atoms with Gasteiger partial charge in [-0.2, -0.15) is 4.98 Å². The molecule has 182 valence electrons. The summed E-state index contributed by atoms with van der Waals surface area (Å²) in [7, 11) is 1.33. The first-order valence-corrected chi connectivity index (χ1v) is 12.4. The van der Waals surface area contributed by atoms with Crippen molar-refractivity contribution in [3.63, 3.8) is 0 Å². The fourth-order valence-electron chi connectivity index (χ4n) is 4.99. The lowest BCUT2D eigenvalue weighted by Crippen LogP contribution is -2.32. The third-order valence-electron chi connectivity index (χ3n) is 6.84. The summed E-state index contributed by atoms with van der Waals surface area (Å²) in [4.78, 5) is 27.7. The van der Waals surface area contributed by atoms with Gasteiger partial charge in [0, 0.05) is 17.9 Å². The van der Waals surface area contributed by atoms with E-state index in [1.807, 2.05) is 0 Å². The number of rotatable bonds is 6. The third-order valence-corrected chi connectivity index (χ3v) is 7.11. The maximum Gasteiger partial charge on any atom is 0.340 e. The lowest BCUT2D eigenvalue weighted by molar-refractivity contribution is 0.0602. The minimum atomic E-state index is -0.477. The van der Waals surface area contributed by atoms with E-state index in [-0.39, 0.29) is 0 Å². The van der Waals surface area contributed by atoms with Crippen LogP contribution >= 0.6 is 11.6 Å². The van der Waals surface area contributed by atoms with Crippen molar-refractivity contribution in [1.82, 2.24) is 19.9 Å². The van der Waals surface area contributed by atoms with E-state index in [1.54, 1.807) is 6.07 Å². The number of carbonyl (C=O) groups is 1. The Bertz CT molecular complexity index is 1210. The summed E-state index contributed by atoms with van der Waals surface area (Å²) >= 11 is 6.34. The van der Waals surface area contributed by atoms with Crippen molar-refractivity contribution in [2.45, 2.75) is 44.6 Å². The van der Waals surface area contributed by atoms with Crippen molar-refractivity contribution < 1.29 is 9.53 Å². The third kappa shape index (κ3) is 5.39. The van der Waals surface area contributed by atoms with Gasteiger partial charge >= 0.3 is 5.97 Å². The van der Waals surface area contributed by atoms with Gasteiger partial charge in [0.05, 0.1) is 30.8 Å². The molecular weight excluding hydrogens is 464 g/mol. The number of hydrogen-bond acceptors (Lipinski definition) is 8. The van der Waals surface area contributed by atoms with Crippen molar-refractivity contribution in [2.75, 3.05) is 30.8 Å². The predicted molar refractivity (Wildman–Crippen MR) is 137 cm³/mol. The Morgan fingerprint density at radius 2 is 1.89 bits per heavy atom. The molecule has 3 heterocycles. The molecule has 0 bridgehead atoms. The van der Waals surface area contributed by atoms with Crippen LogP contribution in [0, 0.1) is 0 Å². The van der Waals surface area contributed by atoms with Crippen LogP contribution in [0.15, 0.2) is 42.9 Å². The van der Waals surface area contributed by atoms with Crippen LogP contribution in [0.2, 0.25) is 5.02 Å². The lowest BCUT2D eigenvalue weighted by Gasteiger charge is -2.25. The van der Waals surface area contributed by atoms with E-state index >= 15 is 0 Å². The standard InChI is InChI=1S/C26H29ClN6O2/c1-35-25(34)21-10-11-28-16-23(21)31-24-22(27)15-29-26(32-24)30-19-7-4-17-5-8-20(9-6-18(17)14-19)33-12-2-3-13-33/h4,7,10-11,14-16,20H,2-3,5-6,8-9,12-13H2,1H3,(H2,29,30,31,32)/t20-/m0/s1. The number of carbonyl (C=O) groups excluding carboxylic acids is 1. The molecule has 2 aromatic heterocycles. The Balaban J connectivity index is 1.31. The monoisotopic (exact) mass is 492 g/mol. The van der Waals surface area contributed by atoms with E-state index in [2.05, 4.69) is 48.7 Å². The minimum absolute atomic E-state index is 0.324. The number of hydrogen-bond donors (Lipinski definition) is 2. The lowest BCUT2D eigenvalue weighted by atomic mass is 10.0. The summed E-state index contributed by atoms with van der Waals surface area (Å²) < 4.78 is 4.85. The number of fused-ring (bicyclic) bond motifs is 1. The molecule has 1 saturated heterocycles. The molecular formula is C26H29ClN6O2. The smallest absolute Gasteiger partial charge is 0.340 e. The second-order valence-corrected chi connectivity index (χ2v) is 9.42. The van der Waals surface area contributed by atoms with Crippen molar-refractivity contribution in [3.05, 3.63) is 64.6 Å². The van der Waals surface area contributed by atoms with Crippen LogP contribution in [-0.4, -0.2) is 52.1 Å². The van der Waals surface area contributed by atoms with Gasteiger partial charge in [-0.1, -0.05) is 17.7 Å². The van der Waals surface area contributed by atoms with E-state index in [4.69, 9.17) is 16.3 Å². The second kappa shape index (κ2) is 10.6. The van der Waals surface area contributed by atoms with E-state index in [1.165, 1.54) is 75.6 Å². The molecule has 2 N–H and O–H groups in total. The average molecular weight is 493 g/mol. The van der Waals surface area contributed by atoms with Gasteiger partial charge in [-0.15, -0.1) is 0 Å². The summed E-state index contributed by atoms with van der Waals surface area (Å²) in [6, 6.07) is 8.78. The Labute approximate surface area is 210 Å². The van der Waals surface area contributed by atoms with Gasteiger partial charge < -0.3 is 20.3 Å². The van der Waals surface area contributed by atoms with Crippen molar-refractivity contribution >= 4 is 40.7 Å². The number of likely N-dealkylation sites (tertiary alicyclic amines) is 1. The molecule has 2 aliphatic rings. The van der Waals surface area contributed by atoms with Gasteiger partial charge in [0.25, 0.3) is 0 Å². The molecule has 9 heteroatoms. The Morgan fingerprint density at radius 3 is 2.69 bits per heavy atom. The zero-order valence-electron chi connectivity index (χ0n) is 19.8. The largest absolute Gasteiger partial charge is 0.465 e. The highest BCUT2D eigenvalue weighted by Gasteiger charge is 2.24. The highest BCUT2D eigenvalue weighted by Crippen LogP contribution is 2.30. The summed E-state index contributed by atoms with van der Waals surface area (Å²) in [5, 5.41) is 6.71. The zero-order chi connectivity index (χ0) is 24.2. The van der Waals surface area contributed by atoms with Gasteiger partial charge in [0.1, 0.15) is 5.02 Å². The molecule has 5 rings (SSSR count). The van der Waals surface area contributed by atoms with Gasteiger partial charge in [-0.25, -0.2) is 9.78 Å². The summed E-state index contributed by atoms with van der Waals surface area (Å²) in [5.74, 6) is 0.296. The van der Waals surface area contributed by atoms with Crippen molar-refractivity contribution in [1.29, 1.82) is 0 Å². The van der Waals surface area contributed by atoms with E-state index in [0.717, 1.165) is 18.5 Å². The molecule has 3 aromatic rings. The number of nitrogens with zero attached hydrogens (tertiary/aromatic N) is 4. The number of anilines is 4. The fraction of sp³-hybridized carbons (Fsp3) is 0.385. The molecule has 1 aromatic carbocycles. The van der Waals surface area contributed by atoms with Crippen molar-refractivity contribution in [2.24, 2.45) is 0 Å². The number of methoxy groups -OCH3 is 1. The van der Waals surface area contributed by atoms with Crippen LogP contribution in [-0.2, 0) is 17.6 Å². The number of pyridine rings is 1. The first-order chi connectivity index (χ1) is 17.1. The Morgan fingerprint density at radius 1 is 1.09 bits per heavy atom. The van der Waals surface area contributed by atoms with Gasteiger partial charge in [0.2, 0.25) is 5.95 Å². The molecule has 8 nitrogen and oxygen atoms in total. The van der Waals surface area contributed by atoms with E-state index in [9.17, 15) is 4.79 Å². The molecule has 0 spiro atoms. The van der Waals surface area contributed by atoms with Crippen molar-refractivity contribution in [3.8, 4) is 0 Å². The molecule has 0 radical (unpaired) electrons. The maximum absolute atomic E-state index is 12.1. The molecule has 1 aliphatic carbocycles. The van der Waals surface area contributed by atoms with Crippen LogP contribution in [0.25, 0.3) is 0 Å². The predicted octanol–water partition coefficient (Wildman–Crippen LogP) is 5.14. The number of nitrogens with one attached hydrogen (secondary N) is 2. The molecule has 1 fully saturated rings. The fourth-order valence-corrected chi connectivity index (χ4v) is 5.13. The van der Waals surface area contributed by atoms with Gasteiger partial charge in [-0.3, -0.25) is 4.98 Å². The second-order valence-electron chi connectivity index (χ2n) is 9.01. The number of aromatic nitrogens is 3. The van der Waals surface area contributed by atoms with Crippen LogP contribution in [0.3, 0.4) is 0 Å². The molecule has 0 saturated carbocycles. The number of aryl methyl sites for hydroxylation is 2. The number of halogens is 1. The maximum atomic E-state index is 12.1. The zero-order valence-corrected chi connectivity index (χ0v) is 20.5. The molecule has 35 heavy (non-hydrogen) atoms. The normalized spacial score (nSPS) is 17.9. The quantitative estimate of drug-likeness (QED) is 0.361. The molecule has 1 atom stereocenters. The van der Waals surface area contributed by atoms with Crippen LogP contribution in [0.4, 0.5) is 23.1 Å². The van der Waals surface area contributed by atoms with Gasteiger partial charge in [0.15, 0.2) is 5.82 Å². The number of ether oxygens (including phenoxy) is 1. The topological polar surface area (TPSA) is 92.3 Å². The summed E-state index contributed by atoms with van der Waals surface area (Å²) in [6.45, 7) is 2.50. The minimum Gasteiger partial charge on any atom is -0.465 e. The summed E-state index contributed by atoms with van der Waals surface area (Å²) in [6.07, 6.45) is 11.9. The molecule has 0 amide bonds. The Kier molecular flexibility index (Phi) is 7.11. The number of esters is 1. The van der Waals surface area contributed by atoms with Crippen LogP contribution in [0.5, 0.6) is 0 Å². The average Bonchev–Trinajstić information content (AvgIpc) is 3.33. The molecule has 0 unspecified atom stereocenters. The highest BCUT2D eigenvalue weighted by molar-refractivity contribution is 6.33.